The lowest BCUT2D eigenvalue weighted by atomic mass is 10.1. The molecule has 0 radical (unpaired) electrons. The van der Waals surface area contributed by atoms with E-state index in [9.17, 15) is 13.5 Å². The highest BCUT2D eigenvalue weighted by Gasteiger charge is 2.08. The maximum atomic E-state index is 11.2. The molecule has 0 aliphatic carbocycles. The van der Waals surface area contributed by atoms with Crippen molar-refractivity contribution in [2.75, 3.05) is 11.0 Å². The number of fused-ring (bicyclic) bond motifs is 1. The van der Waals surface area contributed by atoms with E-state index in [1.54, 1.807) is 18.2 Å². The minimum Gasteiger partial charge on any atom is -0.507 e. The summed E-state index contributed by atoms with van der Waals surface area (Å²) in [7, 11) is -3.35. The lowest BCUT2D eigenvalue weighted by molar-refractivity contribution is 0.482. The number of benzene rings is 2. The molecule has 0 bridgehead atoms. The monoisotopic (exact) mass is 237 g/mol. The molecule has 0 fully saturated rings. The third-order valence-electron chi connectivity index (χ3n) is 2.18. The summed E-state index contributed by atoms with van der Waals surface area (Å²) < 4.78 is 24.7. The summed E-state index contributed by atoms with van der Waals surface area (Å²) in [5, 5.41) is 11.0. The molecular weight excluding hydrogens is 226 g/mol. The first-order valence-electron chi connectivity index (χ1n) is 4.66. The van der Waals surface area contributed by atoms with Crippen LogP contribution in [0.4, 0.5) is 5.69 Å². The molecule has 84 valence electrons. The van der Waals surface area contributed by atoms with Crippen LogP contribution in [-0.4, -0.2) is 19.8 Å². The van der Waals surface area contributed by atoms with Crippen LogP contribution in [0.3, 0.4) is 0 Å². The molecule has 0 spiro atoms. The molecule has 0 amide bonds. The van der Waals surface area contributed by atoms with Gasteiger partial charge in [-0.25, -0.2) is 8.42 Å². The Morgan fingerprint density at radius 1 is 1.12 bits per heavy atom. The Morgan fingerprint density at radius 3 is 2.38 bits per heavy atom. The van der Waals surface area contributed by atoms with Crippen molar-refractivity contribution in [3.05, 3.63) is 36.4 Å². The lowest BCUT2D eigenvalue weighted by Gasteiger charge is -2.09. The fourth-order valence-corrected chi connectivity index (χ4v) is 2.18. The zero-order valence-electron chi connectivity index (χ0n) is 8.64. The summed E-state index contributed by atoms with van der Waals surface area (Å²) in [6, 6.07) is 10.2. The van der Waals surface area contributed by atoms with Crippen molar-refractivity contribution in [3.63, 3.8) is 0 Å². The van der Waals surface area contributed by atoms with E-state index in [4.69, 9.17) is 0 Å². The molecule has 16 heavy (non-hydrogen) atoms. The fraction of sp³-hybridized carbons (Fsp3) is 0.0909. The number of hydrogen-bond donors (Lipinski definition) is 2. The van der Waals surface area contributed by atoms with Gasteiger partial charge in [0.2, 0.25) is 10.0 Å². The van der Waals surface area contributed by atoms with Crippen molar-refractivity contribution >= 4 is 26.5 Å². The Morgan fingerprint density at radius 2 is 1.75 bits per heavy atom. The average molecular weight is 237 g/mol. The Bertz CT molecular complexity index is 629. The molecule has 0 saturated carbocycles. The van der Waals surface area contributed by atoms with Crippen LogP contribution >= 0.6 is 0 Å². The van der Waals surface area contributed by atoms with E-state index >= 15 is 0 Å². The molecule has 2 N–H and O–H groups in total. The Hall–Kier alpha value is -1.75. The van der Waals surface area contributed by atoms with Crippen LogP contribution in [0.25, 0.3) is 10.8 Å². The minimum absolute atomic E-state index is 0.0595. The van der Waals surface area contributed by atoms with Gasteiger partial charge in [-0.05, 0) is 17.5 Å². The predicted octanol–water partition coefficient (Wildman–Crippen LogP) is 1.92. The normalized spacial score (nSPS) is 11.6. The second kappa shape index (κ2) is 3.68. The van der Waals surface area contributed by atoms with Gasteiger partial charge in [0.15, 0.2) is 0 Å². The van der Waals surface area contributed by atoms with E-state index in [1.165, 1.54) is 6.07 Å². The van der Waals surface area contributed by atoms with E-state index in [0.29, 0.717) is 11.1 Å². The van der Waals surface area contributed by atoms with Crippen LogP contribution < -0.4 is 4.72 Å². The summed E-state index contributed by atoms with van der Waals surface area (Å²) in [5.74, 6) is 0.0595. The predicted molar refractivity (Wildman–Crippen MR) is 64.1 cm³/mol. The van der Waals surface area contributed by atoms with E-state index in [-0.39, 0.29) is 5.75 Å². The van der Waals surface area contributed by atoms with E-state index in [0.717, 1.165) is 11.6 Å². The molecule has 0 aliphatic heterocycles. The third-order valence-corrected chi connectivity index (χ3v) is 2.77. The summed E-state index contributed by atoms with van der Waals surface area (Å²) in [5.41, 5.74) is 0.387. The lowest BCUT2D eigenvalue weighted by Crippen LogP contribution is -2.09. The van der Waals surface area contributed by atoms with Gasteiger partial charge in [-0.3, -0.25) is 4.72 Å². The second-order valence-corrected chi connectivity index (χ2v) is 5.30. The number of phenolic OH excluding ortho intramolecular Hbond substituents is 1. The van der Waals surface area contributed by atoms with Gasteiger partial charge in [-0.15, -0.1) is 0 Å². The van der Waals surface area contributed by atoms with E-state index in [1.807, 2.05) is 12.1 Å². The first kappa shape index (κ1) is 10.8. The minimum atomic E-state index is -3.35. The molecule has 2 aromatic carbocycles. The van der Waals surface area contributed by atoms with Crippen LogP contribution in [0, 0.1) is 0 Å². The molecule has 0 aliphatic rings. The van der Waals surface area contributed by atoms with Crippen LogP contribution in [-0.2, 0) is 10.0 Å². The number of hydrogen-bond acceptors (Lipinski definition) is 3. The van der Waals surface area contributed by atoms with Crippen LogP contribution in [0.1, 0.15) is 0 Å². The zero-order valence-corrected chi connectivity index (χ0v) is 9.45. The first-order valence-corrected chi connectivity index (χ1v) is 6.55. The number of nitrogens with one attached hydrogen (secondary N) is 1. The summed E-state index contributed by atoms with van der Waals surface area (Å²) in [4.78, 5) is 0. The SMILES string of the molecule is CS(=O)(=O)Nc1cccc2cccc(O)c12. The van der Waals surface area contributed by atoms with E-state index in [2.05, 4.69) is 4.72 Å². The van der Waals surface area contributed by atoms with Crippen molar-refractivity contribution in [2.24, 2.45) is 0 Å². The number of rotatable bonds is 2. The van der Waals surface area contributed by atoms with Gasteiger partial charge in [-0.2, -0.15) is 0 Å². The summed E-state index contributed by atoms with van der Waals surface area (Å²) in [6.45, 7) is 0. The number of aromatic hydroxyl groups is 1. The van der Waals surface area contributed by atoms with Crippen molar-refractivity contribution in [1.29, 1.82) is 0 Å². The molecule has 4 nitrogen and oxygen atoms in total. The summed E-state index contributed by atoms with van der Waals surface area (Å²) in [6.07, 6.45) is 1.08. The Balaban J connectivity index is 2.70. The molecular formula is C11H11NO3S. The molecule has 0 atom stereocenters. The van der Waals surface area contributed by atoms with Crippen molar-refractivity contribution in [2.45, 2.75) is 0 Å². The van der Waals surface area contributed by atoms with Gasteiger partial charge in [-0.1, -0.05) is 24.3 Å². The topological polar surface area (TPSA) is 66.4 Å². The van der Waals surface area contributed by atoms with Crippen LogP contribution in [0.15, 0.2) is 36.4 Å². The summed E-state index contributed by atoms with van der Waals surface area (Å²) >= 11 is 0. The van der Waals surface area contributed by atoms with Gasteiger partial charge in [0, 0.05) is 5.39 Å². The standard InChI is InChI=1S/C11H11NO3S/c1-16(14,15)12-9-6-2-4-8-5-3-7-10(13)11(8)9/h2-7,12-13H,1H3. The molecule has 2 aromatic rings. The largest absolute Gasteiger partial charge is 0.507 e. The number of sulfonamides is 1. The highest BCUT2D eigenvalue weighted by atomic mass is 32.2. The zero-order chi connectivity index (χ0) is 11.8. The van der Waals surface area contributed by atoms with Gasteiger partial charge < -0.3 is 5.11 Å². The third kappa shape index (κ3) is 2.09. The number of phenols is 1. The fourth-order valence-electron chi connectivity index (χ4n) is 1.61. The highest BCUT2D eigenvalue weighted by Crippen LogP contribution is 2.31. The number of anilines is 1. The molecule has 5 heteroatoms. The van der Waals surface area contributed by atoms with Crippen molar-refractivity contribution < 1.29 is 13.5 Å². The van der Waals surface area contributed by atoms with Crippen LogP contribution in [0.5, 0.6) is 5.75 Å². The van der Waals surface area contributed by atoms with Crippen molar-refractivity contribution in [3.8, 4) is 5.75 Å². The quantitative estimate of drug-likeness (QED) is 0.838. The average Bonchev–Trinajstić information content (AvgIpc) is 2.15. The first-order chi connectivity index (χ1) is 7.47. The highest BCUT2D eigenvalue weighted by molar-refractivity contribution is 7.92. The smallest absolute Gasteiger partial charge is 0.229 e. The maximum Gasteiger partial charge on any atom is 0.229 e. The molecule has 2 rings (SSSR count). The molecule has 0 unspecified atom stereocenters. The molecule has 0 saturated heterocycles. The van der Waals surface area contributed by atoms with E-state index < -0.39 is 10.0 Å². The maximum absolute atomic E-state index is 11.2. The van der Waals surface area contributed by atoms with Crippen LogP contribution in [0.2, 0.25) is 0 Å². The molecule has 0 heterocycles. The Kier molecular flexibility index (Phi) is 2.47. The van der Waals surface area contributed by atoms with Gasteiger partial charge >= 0.3 is 0 Å². The van der Waals surface area contributed by atoms with Crippen molar-refractivity contribution in [1.82, 2.24) is 0 Å². The van der Waals surface area contributed by atoms with Gasteiger partial charge in [0.05, 0.1) is 11.9 Å². The second-order valence-electron chi connectivity index (χ2n) is 3.56. The van der Waals surface area contributed by atoms with Gasteiger partial charge in [0.1, 0.15) is 5.75 Å². The Labute approximate surface area is 93.6 Å². The molecule has 0 aromatic heterocycles. The van der Waals surface area contributed by atoms with Gasteiger partial charge in [0.25, 0.3) is 0 Å².